The van der Waals surface area contributed by atoms with Gasteiger partial charge in [0.25, 0.3) is 11.4 Å². The maximum Gasteiger partial charge on any atom is 0.410 e. The third-order valence-corrected chi connectivity index (χ3v) is 6.54. The van der Waals surface area contributed by atoms with Crippen molar-refractivity contribution < 1.29 is 28.9 Å². The van der Waals surface area contributed by atoms with Crippen LogP contribution in [0.5, 0.6) is 5.75 Å². The van der Waals surface area contributed by atoms with Crippen LogP contribution >= 0.6 is 0 Å². The molecule has 15 nitrogen and oxygen atoms in total. The van der Waals surface area contributed by atoms with E-state index in [-0.39, 0.29) is 54.2 Å². The summed E-state index contributed by atoms with van der Waals surface area (Å²) in [4.78, 5) is 49.9. The zero-order chi connectivity index (χ0) is 32.3. The molecular formula is C29H39N7O8. The van der Waals surface area contributed by atoms with Gasteiger partial charge in [0.2, 0.25) is 5.91 Å². The van der Waals surface area contributed by atoms with Crippen LogP contribution in [0.3, 0.4) is 0 Å². The van der Waals surface area contributed by atoms with Gasteiger partial charge in [-0.2, -0.15) is 0 Å². The first-order chi connectivity index (χ1) is 20.9. The predicted molar refractivity (Wildman–Crippen MR) is 165 cm³/mol. The molecule has 0 bridgehead atoms. The minimum absolute atomic E-state index is 0.0472. The Morgan fingerprint density at radius 1 is 0.977 bits per heavy atom. The van der Waals surface area contributed by atoms with Gasteiger partial charge in [0.15, 0.2) is 5.69 Å². The second kappa shape index (κ2) is 15.5. The van der Waals surface area contributed by atoms with Gasteiger partial charge < -0.3 is 30.7 Å². The molecule has 1 aliphatic rings. The average Bonchev–Trinajstić information content (AvgIpc) is 2.96. The van der Waals surface area contributed by atoms with E-state index in [1.807, 2.05) is 20.8 Å². The molecule has 4 N–H and O–H groups in total. The molecule has 0 spiro atoms. The van der Waals surface area contributed by atoms with Crippen LogP contribution in [0.4, 0.5) is 27.5 Å². The fraction of sp³-hybridized carbons (Fsp3) is 0.448. The van der Waals surface area contributed by atoms with E-state index in [2.05, 4.69) is 15.5 Å². The molecule has 1 heterocycles. The van der Waals surface area contributed by atoms with Crippen LogP contribution in [0.1, 0.15) is 37.6 Å². The Hall–Kier alpha value is -4.92. The van der Waals surface area contributed by atoms with Gasteiger partial charge in [0, 0.05) is 63.5 Å². The SMILES string of the molecule is CC(C)(C)OC(=O)N1CCN(CCCOc2cc(C(N)=O)cc([N+](=O)[O-])c2NC/C=C/CNc2ccccc2[N+](=O)[O-])CC1. The van der Waals surface area contributed by atoms with Crippen molar-refractivity contribution in [1.82, 2.24) is 9.80 Å². The van der Waals surface area contributed by atoms with E-state index in [0.717, 1.165) is 6.07 Å². The zero-order valence-electron chi connectivity index (χ0n) is 25.1. The standard InChI is InChI=1S/C29H39N7O8/c1-29(2,3)44-28(38)34-16-14-33(15-17-34)13-8-18-43-25-20-21(27(30)37)19-24(36(41)42)26(25)32-12-7-6-11-31-22-9-4-5-10-23(22)35(39)40/h4-7,9-10,19-20,31-32H,8,11-18H2,1-3H3,(H2,30,37)/b7-6+. The molecule has 2 aromatic rings. The number of nitrogens with two attached hydrogens (primary N) is 1. The van der Waals surface area contributed by atoms with Crippen molar-refractivity contribution in [2.75, 3.05) is 63.1 Å². The summed E-state index contributed by atoms with van der Waals surface area (Å²) >= 11 is 0. The van der Waals surface area contributed by atoms with E-state index in [1.165, 1.54) is 12.1 Å². The summed E-state index contributed by atoms with van der Waals surface area (Å²) < 4.78 is 11.3. The van der Waals surface area contributed by atoms with Gasteiger partial charge in [-0.1, -0.05) is 24.3 Å². The molecular weight excluding hydrogens is 574 g/mol. The van der Waals surface area contributed by atoms with Crippen molar-refractivity contribution >= 4 is 34.7 Å². The van der Waals surface area contributed by atoms with E-state index < -0.39 is 21.4 Å². The zero-order valence-corrected chi connectivity index (χ0v) is 25.1. The molecule has 0 aliphatic carbocycles. The first kappa shape index (κ1) is 33.6. The first-order valence-corrected chi connectivity index (χ1v) is 14.2. The molecule has 0 atom stereocenters. The van der Waals surface area contributed by atoms with Crippen molar-refractivity contribution in [3.63, 3.8) is 0 Å². The van der Waals surface area contributed by atoms with E-state index in [4.69, 9.17) is 15.2 Å². The highest BCUT2D eigenvalue weighted by molar-refractivity contribution is 5.95. The number of para-hydroxylation sites is 2. The molecule has 1 aliphatic heterocycles. The minimum Gasteiger partial charge on any atom is -0.491 e. The predicted octanol–water partition coefficient (Wildman–Crippen LogP) is 4.00. The number of hydrogen-bond donors (Lipinski definition) is 3. The summed E-state index contributed by atoms with van der Waals surface area (Å²) in [6.45, 7) is 9.27. The fourth-order valence-electron chi connectivity index (χ4n) is 4.41. The normalized spacial score (nSPS) is 13.8. The number of amides is 2. The van der Waals surface area contributed by atoms with Crippen LogP contribution in [0.25, 0.3) is 0 Å². The Labute approximate surface area is 255 Å². The number of anilines is 2. The summed E-state index contributed by atoms with van der Waals surface area (Å²) in [7, 11) is 0. The molecule has 2 amide bonds. The number of ether oxygens (including phenoxy) is 2. The highest BCUT2D eigenvalue weighted by Gasteiger charge is 2.26. The van der Waals surface area contributed by atoms with Crippen LogP contribution in [0, 0.1) is 20.2 Å². The van der Waals surface area contributed by atoms with Gasteiger partial charge in [-0.05, 0) is 39.3 Å². The number of nitrogens with zero attached hydrogens (tertiary/aromatic N) is 4. The number of nitro benzene ring substituents is 2. The topological polar surface area (TPSA) is 195 Å². The van der Waals surface area contributed by atoms with Crippen LogP contribution in [-0.2, 0) is 4.74 Å². The highest BCUT2D eigenvalue weighted by Crippen LogP contribution is 2.36. The lowest BCUT2D eigenvalue weighted by atomic mass is 10.1. The molecule has 0 radical (unpaired) electrons. The van der Waals surface area contributed by atoms with E-state index in [1.54, 1.807) is 35.3 Å². The number of rotatable bonds is 14. The first-order valence-electron chi connectivity index (χ1n) is 14.2. The highest BCUT2D eigenvalue weighted by atomic mass is 16.6. The fourth-order valence-corrected chi connectivity index (χ4v) is 4.41. The second-order valence-electron chi connectivity index (χ2n) is 11.0. The third-order valence-electron chi connectivity index (χ3n) is 6.54. The molecule has 1 saturated heterocycles. The number of carbonyl (C=O) groups is 2. The number of nitro groups is 2. The van der Waals surface area contributed by atoms with Gasteiger partial charge in [-0.3, -0.25) is 29.9 Å². The lowest BCUT2D eigenvalue weighted by Gasteiger charge is -2.35. The van der Waals surface area contributed by atoms with Crippen molar-refractivity contribution in [3.8, 4) is 5.75 Å². The maximum absolute atomic E-state index is 12.3. The van der Waals surface area contributed by atoms with E-state index >= 15 is 0 Å². The number of nitrogens with one attached hydrogen (secondary N) is 2. The summed E-state index contributed by atoms with van der Waals surface area (Å²) in [6.07, 6.45) is 3.69. The molecule has 15 heteroatoms. The summed E-state index contributed by atoms with van der Waals surface area (Å²) in [5, 5.41) is 29.0. The minimum atomic E-state index is -0.826. The molecule has 0 unspecified atom stereocenters. The quantitative estimate of drug-likeness (QED) is 0.121. The number of piperazine rings is 1. The lowest BCUT2D eigenvalue weighted by molar-refractivity contribution is -0.384. The smallest absolute Gasteiger partial charge is 0.410 e. The van der Waals surface area contributed by atoms with Gasteiger partial charge in [0.1, 0.15) is 17.0 Å². The van der Waals surface area contributed by atoms with Gasteiger partial charge in [-0.15, -0.1) is 0 Å². The van der Waals surface area contributed by atoms with Gasteiger partial charge in [-0.25, -0.2) is 4.79 Å². The Morgan fingerprint density at radius 3 is 2.23 bits per heavy atom. The Kier molecular flexibility index (Phi) is 11.8. The number of hydrogen-bond acceptors (Lipinski definition) is 11. The van der Waals surface area contributed by atoms with Crippen LogP contribution < -0.4 is 21.1 Å². The monoisotopic (exact) mass is 613 g/mol. The van der Waals surface area contributed by atoms with Gasteiger partial charge in [0.05, 0.1) is 16.5 Å². The second-order valence-corrected chi connectivity index (χ2v) is 11.0. The number of primary amides is 1. The third kappa shape index (κ3) is 10.1. The van der Waals surface area contributed by atoms with E-state index in [9.17, 15) is 29.8 Å². The average molecular weight is 614 g/mol. The molecule has 3 rings (SSSR count). The Bertz CT molecular complexity index is 1370. The van der Waals surface area contributed by atoms with Crippen molar-refractivity contribution in [2.24, 2.45) is 5.73 Å². The number of benzene rings is 2. The summed E-state index contributed by atoms with van der Waals surface area (Å²) in [5.41, 5.74) is 4.86. The van der Waals surface area contributed by atoms with E-state index in [0.29, 0.717) is 44.8 Å². The maximum atomic E-state index is 12.3. The largest absolute Gasteiger partial charge is 0.491 e. The number of carbonyl (C=O) groups excluding carboxylic acids is 2. The van der Waals surface area contributed by atoms with Crippen LogP contribution in [-0.4, -0.2) is 89.7 Å². The van der Waals surface area contributed by atoms with Crippen LogP contribution in [0.2, 0.25) is 0 Å². The van der Waals surface area contributed by atoms with Gasteiger partial charge >= 0.3 is 6.09 Å². The van der Waals surface area contributed by atoms with Crippen LogP contribution in [0.15, 0.2) is 48.6 Å². The Morgan fingerprint density at radius 2 is 1.61 bits per heavy atom. The summed E-state index contributed by atoms with van der Waals surface area (Å²) in [6, 6.07) is 8.73. The lowest BCUT2D eigenvalue weighted by Crippen LogP contribution is -2.50. The molecule has 44 heavy (non-hydrogen) atoms. The molecule has 238 valence electrons. The Balaban J connectivity index is 1.56. The van der Waals surface area contributed by atoms with Crippen molar-refractivity contribution in [3.05, 3.63) is 74.3 Å². The molecule has 0 aromatic heterocycles. The van der Waals surface area contributed by atoms with Crippen molar-refractivity contribution in [1.29, 1.82) is 0 Å². The molecule has 0 saturated carbocycles. The molecule has 2 aromatic carbocycles. The summed E-state index contributed by atoms with van der Waals surface area (Å²) in [5.74, 6) is -0.706. The van der Waals surface area contributed by atoms with Crippen molar-refractivity contribution in [2.45, 2.75) is 32.8 Å². The molecule has 1 fully saturated rings.